The van der Waals surface area contributed by atoms with Gasteiger partial charge in [-0.3, -0.25) is 0 Å². The molecule has 0 unspecified atom stereocenters. The van der Waals surface area contributed by atoms with Crippen molar-refractivity contribution in [3.05, 3.63) is 0 Å². The van der Waals surface area contributed by atoms with Gasteiger partial charge in [-0.05, 0) is 0 Å². The van der Waals surface area contributed by atoms with E-state index in [1.807, 2.05) is 27.7 Å². The Kier molecular flexibility index (Phi) is 71.8. The maximum atomic E-state index is 2.21. The third kappa shape index (κ3) is 65.7. The average molecular weight is 232 g/mol. The molecular formula is C16H40. The summed E-state index contributed by atoms with van der Waals surface area (Å²) in [6.07, 6.45) is 11.3. The second-order valence-electron chi connectivity index (χ2n) is 3.47. The third-order valence-electron chi connectivity index (χ3n) is 1.71. The van der Waals surface area contributed by atoms with Crippen LogP contribution in [0.2, 0.25) is 0 Å². The van der Waals surface area contributed by atoms with Crippen molar-refractivity contribution in [1.29, 1.82) is 0 Å². The Bertz CT molecular complexity index is 38.0. The minimum atomic E-state index is 1.25. The van der Waals surface area contributed by atoms with Crippen molar-refractivity contribution in [2.75, 3.05) is 0 Å². The Morgan fingerprint density at radius 2 is 0.750 bits per heavy atom. The topological polar surface area (TPSA) is 0 Å². The van der Waals surface area contributed by atoms with E-state index < -0.39 is 0 Å². The lowest BCUT2D eigenvalue weighted by Gasteiger charge is -2.05. The molecule has 16 heavy (non-hydrogen) atoms. The molecule has 0 nitrogen and oxygen atoms in total. The maximum Gasteiger partial charge on any atom is -0.0533 e. The Morgan fingerprint density at radius 1 is 0.562 bits per heavy atom. The van der Waals surface area contributed by atoms with Crippen molar-refractivity contribution in [2.24, 2.45) is 0 Å². The van der Waals surface area contributed by atoms with Crippen molar-refractivity contribution < 1.29 is 0 Å². The summed E-state index contributed by atoms with van der Waals surface area (Å²) in [5.41, 5.74) is 0. The number of rotatable bonds is 2. The summed E-state index contributed by atoms with van der Waals surface area (Å²) < 4.78 is 0. The first-order chi connectivity index (χ1) is 7.83. The van der Waals surface area contributed by atoms with Gasteiger partial charge in [0.1, 0.15) is 0 Å². The molecule has 0 radical (unpaired) electrons. The Morgan fingerprint density at radius 3 is 0.750 bits per heavy atom. The zero-order valence-electron chi connectivity index (χ0n) is 13.7. The number of hydrogen-bond acceptors (Lipinski definition) is 0. The van der Waals surface area contributed by atoms with E-state index in [4.69, 9.17) is 0 Å². The van der Waals surface area contributed by atoms with Gasteiger partial charge in [0.2, 0.25) is 0 Å². The zero-order valence-corrected chi connectivity index (χ0v) is 13.7. The molecule has 0 saturated heterocycles. The van der Waals surface area contributed by atoms with Crippen LogP contribution in [0.5, 0.6) is 0 Å². The zero-order chi connectivity index (χ0) is 13.7. The smallest absolute Gasteiger partial charge is 0.0533 e. The van der Waals surface area contributed by atoms with Crippen LogP contribution >= 0.6 is 0 Å². The minimum absolute atomic E-state index is 1.25. The Hall–Kier alpha value is 0. The highest BCUT2D eigenvalue weighted by Crippen LogP contribution is 2.15. The quantitative estimate of drug-likeness (QED) is 0.471. The van der Waals surface area contributed by atoms with Gasteiger partial charge in [0.15, 0.2) is 0 Å². The van der Waals surface area contributed by atoms with Crippen LogP contribution < -0.4 is 0 Å². The van der Waals surface area contributed by atoms with Crippen molar-refractivity contribution in [3.63, 3.8) is 0 Å². The summed E-state index contributed by atoms with van der Waals surface area (Å²) in [6, 6.07) is 0. The van der Waals surface area contributed by atoms with Gasteiger partial charge in [0.25, 0.3) is 0 Å². The average Bonchev–Trinajstić information content (AvgIpc) is 2.24. The molecule has 0 aliphatic heterocycles. The molecule has 1 fully saturated rings. The first-order valence-corrected chi connectivity index (χ1v) is 7.83. The molecule has 0 N–H and O–H groups in total. The van der Waals surface area contributed by atoms with Crippen LogP contribution in [0.1, 0.15) is 107 Å². The predicted octanol–water partition coefficient (Wildman–Crippen LogP) is 7.23. The monoisotopic (exact) mass is 232 g/mol. The van der Waals surface area contributed by atoms with E-state index in [-0.39, 0.29) is 0 Å². The SMILES string of the molecule is C1CCC1.CC.CC.CCC.CCCCC. The van der Waals surface area contributed by atoms with Gasteiger partial charge in [-0.1, -0.05) is 107 Å². The van der Waals surface area contributed by atoms with Crippen LogP contribution in [-0.2, 0) is 0 Å². The van der Waals surface area contributed by atoms with Gasteiger partial charge in [0, 0.05) is 0 Å². The lowest BCUT2D eigenvalue weighted by molar-refractivity contribution is 0.504. The molecule has 0 aromatic rings. The molecule has 0 aromatic carbocycles. The molecule has 0 bridgehead atoms. The van der Waals surface area contributed by atoms with E-state index in [0.29, 0.717) is 0 Å². The summed E-state index contributed by atoms with van der Waals surface area (Å²) in [6.45, 7) is 16.7. The normalized spacial score (nSPS) is 10.5. The van der Waals surface area contributed by atoms with Crippen LogP contribution in [0.3, 0.4) is 0 Å². The summed E-state index contributed by atoms with van der Waals surface area (Å²) in [5, 5.41) is 0. The molecule has 0 heteroatoms. The standard InChI is InChI=1S/C5H12.C4H8.C3H8.2C2H6/c1-3-5-4-2;1-2-4-3-1;1-3-2;2*1-2/h3-5H2,1-2H3;1-4H2;3H2,1-2H3;2*1-2H3. The fraction of sp³-hybridized carbons (Fsp3) is 1.00. The van der Waals surface area contributed by atoms with Gasteiger partial charge >= 0.3 is 0 Å². The van der Waals surface area contributed by atoms with Gasteiger partial charge in [0.05, 0.1) is 0 Å². The van der Waals surface area contributed by atoms with E-state index in [9.17, 15) is 0 Å². The Balaban J connectivity index is -0.0000000596. The lowest BCUT2D eigenvalue weighted by Crippen LogP contribution is -1.85. The second kappa shape index (κ2) is 45.9. The summed E-state index contributed by atoms with van der Waals surface area (Å²) in [7, 11) is 0. The molecule has 0 aromatic heterocycles. The van der Waals surface area contributed by atoms with Gasteiger partial charge in [-0.25, -0.2) is 0 Å². The second-order valence-corrected chi connectivity index (χ2v) is 3.47. The first kappa shape index (κ1) is 25.0. The van der Waals surface area contributed by atoms with Crippen LogP contribution in [-0.4, -0.2) is 0 Å². The van der Waals surface area contributed by atoms with Crippen molar-refractivity contribution in [1.82, 2.24) is 0 Å². The maximum absolute atomic E-state index is 2.21. The molecule has 1 rings (SSSR count). The molecule has 1 saturated carbocycles. The van der Waals surface area contributed by atoms with Gasteiger partial charge in [-0.2, -0.15) is 0 Å². The first-order valence-electron chi connectivity index (χ1n) is 7.83. The largest absolute Gasteiger partial charge is 0.0683 e. The summed E-state index contributed by atoms with van der Waals surface area (Å²) >= 11 is 0. The molecule has 0 heterocycles. The summed E-state index contributed by atoms with van der Waals surface area (Å²) in [5.74, 6) is 0. The van der Waals surface area contributed by atoms with E-state index in [1.165, 1.54) is 51.4 Å². The van der Waals surface area contributed by atoms with Crippen LogP contribution in [0.25, 0.3) is 0 Å². The van der Waals surface area contributed by atoms with Crippen LogP contribution in [0.15, 0.2) is 0 Å². The Labute approximate surface area is 107 Å². The minimum Gasteiger partial charge on any atom is -0.0683 e. The molecular weight excluding hydrogens is 192 g/mol. The molecule has 0 atom stereocenters. The van der Waals surface area contributed by atoms with E-state index in [1.54, 1.807) is 0 Å². The fourth-order valence-corrected chi connectivity index (χ4v) is 0.604. The van der Waals surface area contributed by atoms with Gasteiger partial charge < -0.3 is 0 Å². The van der Waals surface area contributed by atoms with E-state index >= 15 is 0 Å². The third-order valence-corrected chi connectivity index (χ3v) is 1.71. The molecule has 1 aliphatic rings. The summed E-state index contributed by atoms with van der Waals surface area (Å²) in [4.78, 5) is 0. The van der Waals surface area contributed by atoms with Crippen molar-refractivity contribution >= 4 is 0 Å². The highest BCUT2D eigenvalue weighted by Gasteiger charge is 1.95. The van der Waals surface area contributed by atoms with Crippen molar-refractivity contribution in [3.8, 4) is 0 Å². The number of unbranched alkanes of at least 4 members (excludes halogenated alkanes) is 2. The molecule has 0 spiro atoms. The van der Waals surface area contributed by atoms with Crippen molar-refractivity contribution in [2.45, 2.75) is 107 Å². The van der Waals surface area contributed by atoms with E-state index in [0.717, 1.165) is 0 Å². The highest BCUT2D eigenvalue weighted by molar-refractivity contribution is 4.50. The lowest BCUT2D eigenvalue weighted by atomic mass is 10.0. The van der Waals surface area contributed by atoms with Crippen LogP contribution in [0, 0.1) is 0 Å². The highest BCUT2D eigenvalue weighted by atomic mass is 14.0. The predicted molar refractivity (Wildman–Crippen MR) is 82.3 cm³/mol. The molecule has 0 amide bonds. The number of hydrogen-bond donors (Lipinski definition) is 0. The van der Waals surface area contributed by atoms with Gasteiger partial charge in [-0.15, -0.1) is 0 Å². The van der Waals surface area contributed by atoms with E-state index in [2.05, 4.69) is 27.7 Å². The fourth-order valence-electron chi connectivity index (χ4n) is 0.604. The molecule has 1 aliphatic carbocycles. The van der Waals surface area contributed by atoms with Crippen LogP contribution in [0.4, 0.5) is 0 Å². The molecule has 104 valence electrons.